The molecule has 1 aliphatic heterocycles. The number of benzene rings is 1. The first kappa shape index (κ1) is 20.8. The Bertz CT molecular complexity index is 1080. The highest BCUT2D eigenvalue weighted by Crippen LogP contribution is 2.23. The van der Waals surface area contributed by atoms with Crippen LogP contribution in [0.1, 0.15) is 46.6 Å². The molecule has 162 valence electrons. The number of hydrogen-bond donors (Lipinski definition) is 1. The monoisotopic (exact) mass is 421 g/mol. The number of hydrogen-bond acceptors (Lipinski definition) is 5. The molecule has 1 aromatic carbocycles. The van der Waals surface area contributed by atoms with Crippen molar-refractivity contribution in [2.75, 3.05) is 6.54 Å². The first-order valence-corrected chi connectivity index (χ1v) is 10.5. The van der Waals surface area contributed by atoms with Gasteiger partial charge in [-0.1, -0.05) is 23.4 Å². The molecule has 3 heterocycles. The maximum absolute atomic E-state index is 13.1. The minimum absolute atomic E-state index is 0.0689. The maximum atomic E-state index is 13.1. The highest BCUT2D eigenvalue weighted by Gasteiger charge is 2.26. The lowest BCUT2D eigenvalue weighted by Crippen LogP contribution is -2.36. The Morgan fingerprint density at radius 1 is 1.26 bits per heavy atom. The lowest BCUT2D eigenvalue weighted by atomic mass is 10.0. The van der Waals surface area contributed by atoms with E-state index in [1.165, 1.54) is 0 Å². The Kier molecular flexibility index (Phi) is 5.88. The molecule has 0 bridgehead atoms. The third-order valence-electron chi connectivity index (χ3n) is 5.91. The zero-order valence-corrected chi connectivity index (χ0v) is 18.1. The fourth-order valence-electron chi connectivity index (χ4n) is 4.03. The highest BCUT2D eigenvalue weighted by atomic mass is 16.5. The Morgan fingerprint density at radius 3 is 2.77 bits per heavy atom. The Balaban J connectivity index is 1.45. The molecular formula is C23H27N5O3. The summed E-state index contributed by atoms with van der Waals surface area (Å²) in [4.78, 5) is 32.0. The quantitative estimate of drug-likeness (QED) is 0.684. The number of likely N-dealkylation sites (tertiary alicyclic amines) is 1. The van der Waals surface area contributed by atoms with Gasteiger partial charge in [0.05, 0.1) is 17.8 Å². The molecule has 8 nitrogen and oxygen atoms in total. The smallest absolute Gasteiger partial charge is 0.252 e. The molecule has 31 heavy (non-hydrogen) atoms. The van der Waals surface area contributed by atoms with Crippen LogP contribution in [0.25, 0.3) is 11.4 Å². The van der Waals surface area contributed by atoms with E-state index in [0.29, 0.717) is 37.9 Å². The van der Waals surface area contributed by atoms with Gasteiger partial charge in [0.25, 0.3) is 5.91 Å². The molecule has 2 amide bonds. The van der Waals surface area contributed by atoms with Crippen molar-refractivity contribution in [2.24, 2.45) is 7.05 Å². The van der Waals surface area contributed by atoms with Gasteiger partial charge in [-0.05, 0) is 32.8 Å². The number of aromatic nitrogens is 3. The first-order valence-electron chi connectivity index (χ1n) is 10.5. The maximum Gasteiger partial charge on any atom is 0.252 e. The number of rotatable bonds is 5. The van der Waals surface area contributed by atoms with Crippen LogP contribution in [-0.2, 0) is 18.4 Å². The summed E-state index contributed by atoms with van der Waals surface area (Å²) in [5.74, 6) is 1.43. The molecule has 1 aliphatic rings. The summed E-state index contributed by atoms with van der Waals surface area (Å²) in [7, 11) is 1.90. The number of imidazole rings is 1. The van der Waals surface area contributed by atoms with Crippen molar-refractivity contribution in [3.63, 3.8) is 0 Å². The predicted octanol–water partition coefficient (Wildman–Crippen LogP) is 3.00. The lowest BCUT2D eigenvalue weighted by Gasteiger charge is -2.21. The second kappa shape index (κ2) is 8.75. The topological polar surface area (TPSA) is 93.3 Å². The van der Waals surface area contributed by atoms with Gasteiger partial charge in [0.1, 0.15) is 11.6 Å². The normalized spacial score (nSPS) is 16.9. The number of nitrogens with one attached hydrogen (secondary N) is 1. The van der Waals surface area contributed by atoms with Crippen LogP contribution in [0.3, 0.4) is 0 Å². The molecule has 0 aliphatic carbocycles. The van der Waals surface area contributed by atoms with Crippen molar-refractivity contribution in [3.8, 4) is 11.4 Å². The van der Waals surface area contributed by atoms with E-state index < -0.39 is 0 Å². The van der Waals surface area contributed by atoms with E-state index in [0.717, 1.165) is 28.4 Å². The molecular weight excluding hydrogens is 394 g/mol. The van der Waals surface area contributed by atoms with Crippen LogP contribution in [0.15, 0.2) is 41.2 Å². The van der Waals surface area contributed by atoms with E-state index in [9.17, 15) is 9.59 Å². The molecule has 1 atom stereocenters. The van der Waals surface area contributed by atoms with Crippen LogP contribution in [0, 0.1) is 13.8 Å². The van der Waals surface area contributed by atoms with E-state index >= 15 is 0 Å². The van der Waals surface area contributed by atoms with Crippen LogP contribution in [0.2, 0.25) is 0 Å². The zero-order valence-electron chi connectivity index (χ0n) is 18.1. The second-order valence-corrected chi connectivity index (χ2v) is 8.02. The number of nitrogens with zero attached hydrogens (tertiary/aromatic N) is 4. The molecule has 3 aromatic rings. The Morgan fingerprint density at radius 2 is 2.06 bits per heavy atom. The minimum atomic E-state index is -0.143. The fourth-order valence-corrected chi connectivity index (χ4v) is 4.03. The summed E-state index contributed by atoms with van der Waals surface area (Å²) in [6.45, 7) is 4.81. The van der Waals surface area contributed by atoms with Gasteiger partial charge in [-0.15, -0.1) is 0 Å². The number of aryl methyl sites for hydroxylation is 3. The minimum Gasteiger partial charge on any atom is -0.361 e. The molecule has 1 fully saturated rings. The zero-order chi connectivity index (χ0) is 22.0. The van der Waals surface area contributed by atoms with Crippen molar-refractivity contribution in [3.05, 3.63) is 59.2 Å². The van der Waals surface area contributed by atoms with E-state index in [4.69, 9.17) is 4.52 Å². The number of carbonyl (C=O) groups excluding carboxylic acids is 2. The third-order valence-corrected chi connectivity index (χ3v) is 5.91. The molecule has 0 saturated carbocycles. The summed E-state index contributed by atoms with van der Waals surface area (Å²) >= 11 is 0. The van der Waals surface area contributed by atoms with Gasteiger partial charge < -0.3 is 19.3 Å². The van der Waals surface area contributed by atoms with Crippen LogP contribution in [-0.4, -0.2) is 44.0 Å². The molecule has 1 unspecified atom stereocenters. The van der Waals surface area contributed by atoms with Crippen molar-refractivity contribution < 1.29 is 14.1 Å². The van der Waals surface area contributed by atoms with Crippen molar-refractivity contribution in [2.45, 2.75) is 45.7 Å². The predicted molar refractivity (Wildman–Crippen MR) is 115 cm³/mol. The van der Waals surface area contributed by atoms with Crippen LogP contribution < -0.4 is 5.32 Å². The first-order chi connectivity index (χ1) is 14.9. The van der Waals surface area contributed by atoms with E-state index in [1.54, 1.807) is 6.20 Å². The van der Waals surface area contributed by atoms with Crippen molar-refractivity contribution >= 4 is 11.8 Å². The Hall–Kier alpha value is -3.42. The van der Waals surface area contributed by atoms with Gasteiger partial charge in [0.2, 0.25) is 5.91 Å². The molecule has 4 rings (SSSR count). The highest BCUT2D eigenvalue weighted by molar-refractivity contribution is 6.00. The lowest BCUT2D eigenvalue weighted by molar-refractivity contribution is -0.131. The van der Waals surface area contributed by atoms with Gasteiger partial charge in [0, 0.05) is 49.6 Å². The van der Waals surface area contributed by atoms with Crippen LogP contribution in [0.4, 0.5) is 0 Å². The van der Waals surface area contributed by atoms with E-state index in [2.05, 4.69) is 15.5 Å². The standard InChI is InChI=1S/C23H27N5O3/c1-15-20(16(2)31-26-15)14-28-12-10-17(8-9-21(28)29)25-23(30)19-7-5-4-6-18(19)22-24-11-13-27(22)3/h4-7,11,13,17H,8-10,12,14H2,1-3H3,(H,25,30). The average molecular weight is 422 g/mol. The van der Waals surface area contributed by atoms with Gasteiger partial charge in [-0.3, -0.25) is 9.59 Å². The van der Waals surface area contributed by atoms with Gasteiger partial charge in [-0.2, -0.15) is 0 Å². The second-order valence-electron chi connectivity index (χ2n) is 8.02. The fraction of sp³-hybridized carbons (Fsp3) is 0.391. The summed E-state index contributed by atoms with van der Waals surface area (Å²) < 4.78 is 7.12. The van der Waals surface area contributed by atoms with Gasteiger partial charge in [-0.25, -0.2) is 4.98 Å². The van der Waals surface area contributed by atoms with Gasteiger partial charge >= 0.3 is 0 Å². The Labute approximate surface area is 181 Å². The SMILES string of the molecule is Cc1noc(C)c1CN1CCC(NC(=O)c2ccccc2-c2nccn2C)CCC1=O. The number of amides is 2. The summed E-state index contributed by atoms with van der Waals surface area (Å²) in [5.41, 5.74) is 3.14. The molecule has 8 heteroatoms. The molecule has 2 aromatic heterocycles. The van der Waals surface area contributed by atoms with Gasteiger partial charge in [0.15, 0.2) is 0 Å². The average Bonchev–Trinajstić information content (AvgIpc) is 3.28. The largest absolute Gasteiger partial charge is 0.361 e. The van der Waals surface area contributed by atoms with Crippen LogP contribution >= 0.6 is 0 Å². The third kappa shape index (κ3) is 4.38. The van der Waals surface area contributed by atoms with E-state index in [-0.39, 0.29) is 17.9 Å². The molecule has 1 saturated heterocycles. The summed E-state index contributed by atoms with van der Waals surface area (Å²) in [6.07, 6.45) is 5.29. The van der Waals surface area contributed by atoms with Crippen molar-refractivity contribution in [1.29, 1.82) is 0 Å². The molecule has 1 N–H and O–H groups in total. The summed E-state index contributed by atoms with van der Waals surface area (Å²) in [6, 6.07) is 7.39. The number of carbonyl (C=O) groups is 2. The van der Waals surface area contributed by atoms with E-state index in [1.807, 2.05) is 60.8 Å². The van der Waals surface area contributed by atoms with Crippen molar-refractivity contribution in [1.82, 2.24) is 24.9 Å². The summed E-state index contributed by atoms with van der Waals surface area (Å²) in [5, 5.41) is 7.11. The van der Waals surface area contributed by atoms with Crippen LogP contribution in [0.5, 0.6) is 0 Å². The molecule has 0 spiro atoms. The molecule has 0 radical (unpaired) electrons.